The molecule has 176 valence electrons. The Morgan fingerprint density at radius 3 is 2.79 bits per heavy atom. The Bertz CT molecular complexity index is 1030. The number of hydrogen-bond donors (Lipinski definition) is 2. The van der Waals surface area contributed by atoms with Crippen LogP contribution in [0.4, 0.5) is 5.00 Å². The lowest BCUT2D eigenvalue weighted by molar-refractivity contribution is -0.136. The van der Waals surface area contributed by atoms with Gasteiger partial charge in [0.25, 0.3) is 0 Å². The number of hydrogen-bond acceptors (Lipinski definition) is 8. The largest absolute Gasteiger partial charge is 0.496 e. The fourth-order valence-corrected chi connectivity index (χ4v) is 5.80. The quantitative estimate of drug-likeness (QED) is 0.293. The van der Waals surface area contributed by atoms with E-state index < -0.39 is 17.8 Å². The number of carbonyl (C=O) groups excluding carboxylic acids is 4. The van der Waals surface area contributed by atoms with E-state index in [9.17, 15) is 19.2 Å². The molecule has 2 atom stereocenters. The molecule has 0 aromatic carbocycles. The summed E-state index contributed by atoms with van der Waals surface area (Å²) in [5.41, 5.74) is 3.62. The number of thiophene rings is 1. The van der Waals surface area contributed by atoms with E-state index in [2.05, 4.69) is 15.8 Å². The Labute approximate surface area is 195 Å². The van der Waals surface area contributed by atoms with Crippen LogP contribution in [-0.2, 0) is 36.7 Å². The lowest BCUT2D eigenvalue weighted by atomic mass is 9.80. The molecule has 2 heterocycles. The highest BCUT2D eigenvalue weighted by Gasteiger charge is 2.36. The van der Waals surface area contributed by atoms with Crippen molar-refractivity contribution in [1.82, 2.24) is 5.43 Å². The van der Waals surface area contributed by atoms with Crippen LogP contribution >= 0.6 is 11.3 Å². The Balaban J connectivity index is 1.40. The molecule has 9 nitrogen and oxygen atoms in total. The number of anilines is 1. The number of esters is 1. The van der Waals surface area contributed by atoms with Crippen LogP contribution in [0.25, 0.3) is 0 Å². The predicted molar refractivity (Wildman–Crippen MR) is 122 cm³/mol. The van der Waals surface area contributed by atoms with Gasteiger partial charge in [-0.15, -0.1) is 11.3 Å². The molecular weight excluding hydrogens is 446 g/mol. The summed E-state index contributed by atoms with van der Waals surface area (Å²) in [6.45, 7) is 1.93. The summed E-state index contributed by atoms with van der Waals surface area (Å²) in [5, 5.41) is 6.59. The molecule has 10 heteroatoms. The van der Waals surface area contributed by atoms with Crippen molar-refractivity contribution in [3.8, 4) is 0 Å². The molecule has 1 fully saturated rings. The van der Waals surface area contributed by atoms with Gasteiger partial charge in [0.1, 0.15) is 11.1 Å². The van der Waals surface area contributed by atoms with Crippen LogP contribution < -0.4 is 10.7 Å². The number of amides is 2. The van der Waals surface area contributed by atoms with Crippen LogP contribution in [0, 0.1) is 5.92 Å². The topological polar surface area (TPSA) is 123 Å². The van der Waals surface area contributed by atoms with Crippen LogP contribution in [0.2, 0.25) is 0 Å². The standard InChI is InChI=1S/C23H27N3O6S/c1-2-31-23(30)18-15-8-4-6-10-17(15)33-22(18)25-20(28)21(29)26-24-11-13-12-32-16-9-5-3-7-14(16)19(13)27/h11-12,14,16H,2-10H2,1H3,(H,25,28)(H,26,29)/b24-11+. The molecule has 3 aliphatic rings. The van der Waals surface area contributed by atoms with Crippen LogP contribution in [0.15, 0.2) is 16.9 Å². The van der Waals surface area contributed by atoms with Crippen LogP contribution in [0.1, 0.15) is 66.2 Å². The van der Waals surface area contributed by atoms with Gasteiger partial charge in [0.2, 0.25) is 0 Å². The van der Waals surface area contributed by atoms with Gasteiger partial charge in [0.15, 0.2) is 5.78 Å². The highest BCUT2D eigenvalue weighted by Crippen LogP contribution is 2.38. The van der Waals surface area contributed by atoms with E-state index >= 15 is 0 Å². The maximum Gasteiger partial charge on any atom is 0.341 e. The maximum absolute atomic E-state index is 12.6. The zero-order valence-electron chi connectivity index (χ0n) is 18.5. The van der Waals surface area contributed by atoms with Crippen molar-refractivity contribution in [2.24, 2.45) is 11.0 Å². The number of fused-ring (bicyclic) bond motifs is 2. The van der Waals surface area contributed by atoms with Crippen molar-refractivity contribution in [1.29, 1.82) is 0 Å². The molecular formula is C23H27N3O6S. The molecule has 4 rings (SSSR count). The first-order valence-electron chi connectivity index (χ1n) is 11.4. The van der Waals surface area contributed by atoms with E-state index in [1.807, 2.05) is 0 Å². The number of nitrogens with one attached hydrogen (secondary N) is 2. The molecule has 2 aliphatic carbocycles. The Hall–Kier alpha value is -3.01. The fourth-order valence-electron chi connectivity index (χ4n) is 4.53. The number of hydrazone groups is 1. The maximum atomic E-state index is 12.6. The molecule has 33 heavy (non-hydrogen) atoms. The van der Waals surface area contributed by atoms with Crippen molar-refractivity contribution in [2.75, 3.05) is 11.9 Å². The third-order valence-electron chi connectivity index (χ3n) is 6.15. The number of carbonyl (C=O) groups is 4. The van der Waals surface area contributed by atoms with Crippen molar-refractivity contribution in [3.63, 3.8) is 0 Å². The summed E-state index contributed by atoms with van der Waals surface area (Å²) in [4.78, 5) is 50.8. The minimum atomic E-state index is -1.01. The third-order valence-corrected chi connectivity index (χ3v) is 7.35. The van der Waals surface area contributed by atoms with E-state index in [0.29, 0.717) is 10.6 Å². The second kappa shape index (κ2) is 10.3. The fraction of sp³-hybridized carbons (Fsp3) is 0.522. The molecule has 1 aromatic rings. The predicted octanol–water partition coefficient (Wildman–Crippen LogP) is 2.89. The zero-order chi connectivity index (χ0) is 23.4. The summed E-state index contributed by atoms with van der Waals surface area (Å²) in [7, 11) is 0. The molecule has 0 bridgehead atoms. The number of ether oxygens (including phenoxy) is 2. The minimum Gasteiger partial charge on any atom is -0.496 e. The van der Waals surface area contributed by atoms with Gasteiger partial charge in [-0.1, -0.05) is 6.42 Å². The van der Waals surface area contributed by atoms with Gasteiger partial charge in [-0.3, -0.25) is 14.4 Å². The zero-order valence-corrected chi connectivity index (χ0v) is 19.3. The summed E-state index contributed by atoms with van der Waals surface area (Å²) >= 11 is 1.30. The highest BCUT2D eigenvalue weighted by molar-refractivity contribution is 7.17. The molecule has 0 spiro atoms. The SMILES string of the molecule is CCOC(=O)c1c(NC(=O)C(=O)N/N=C/C2=COC3CCCCC3C2=O)sc2c1CCCC2. The van der Waals surface area contributed by atoms with E-state index in [1.165, 1.54) is 23.8 Å². The number of aryl methyl sites for hydroxylation is 1. The van der Waals surface area contributed by atoms with Crippen LogP contribution in [0.3, 0.4) is 0 Å². The Kier molecular flexibility index (Phi) is 7.22. The second-order valence-electron chi connectivity index (χ2n) is 8.29. The second-order valence-corrected chi connectivity index (χ2v) is 9.40. The Morgan fingerprint density at radius 1 is 1.18 bits per heavy atom. The van der Waals surface area contributed by atoms with Crippen molar-refractivity contribution in [3.05, 3.63) is 27.8 Å². The molecule has 1 saturated carbocycles. The minimum absolute atomic E-state index is 0.0587. The first kappa shape index (κ1) is 23.2. The molecule has 2 amide bonds. The van der Waals surface area contributed by atoms with Gasteiger partial charge in [-0.25, -0.2) is 10.2 Å². The van der Waals surface area contributed by atoms with E-state index in [-0.39, 0.29) is 30.0 Å². The number of allylic oxidation sites excluding steroid dienone is 1. The van der Waals surface area contributed by atoms with Crippen molar-refractivity contribution in [2.45, 2.75) is 64.4 Å². The van der Waals surface area contributed by atoms with Crippen LogP contribution in [-0.4, -0.2) is 42.5 Å². The van der Waals surface area contributed by atoms with Gasteiger partial charge < -0.3 is 14.8 Å². The molecule has 2 unspecified atom stereocenters. The smallest absolute Gasteiger partial charge is 0.341 e. The monoisotopic (exact) mass is 473 g/mol. The average molecular weight is 474 g/mol. The van der Waals surface area contributed by atoms with Gasteiger partial charge in [-0.05, 0) is 57.4 Å². The normalized spacial score (nSPS) is 22.0. The summed E-state index contributed by atoms with van der Waals surface area (Å²) in [6, 6.07) is 0. The lowest BCUT2D eigenvalue weighted by Gasteiger charge is -2.33. The van der Waals surface area contributed by atoms with Crippen molar-refractivity contribution >= 4 is 46.1 Å². The first-order chi connectivity index (χ1) is 16.0. The highest BCUT2D eigenvalue weighted by atomic mass is 32.1. The average Bonchev–Trinajstić information content (AvgIpc) is 3.18. The van der Waals surface area contributed by atoms with Gasteiger partial charge in [0.05, 0.1) is 36.1 Å². The van der Waals surface area contributed by atoms with E-state index in [4.69, 9.17) is 9.47 Å². The van der Waals surface area contributed by atoms with Gasteiger partial charge in [0, 0.05) is 4.88 Å². The summed E-state index contributed by atoms with van der Waals surface area (Å²) in [6.07, 6.45) is 9.67. The number of rotatable bonds is 5. The van der Waals surface area contributed by atoms with E-state index in [0.717, 1.165) is 61.8 Å². The third kappa shape index (κ3) is 5.00. The summed E-state index contributed by atoms with van der Waals surface area (Å²) < 4.78 is 10.8. The molecule has 1 aromatic heterocycles. The first-order valence-corrected chi connectivity index (χ1v) is 12.2. The van der Waals surface area contributed by atoms with Gasteiger partial charge in [-0.2, -0.15) is 5.10 Å². The molecule has 1 aliphatic heterocycles. The molecule has 2 N–H and O–H groups in total. The number of nitrogens with zero attached hydrogens (tertiary/aromatic N) is 1. The number of Topliss-reactive ketones (excluding diaryl/α,β-unsaturated/α-hetero) is 1. The number of ketones is 1. The van der Waals surface area contributed by atoms with Crippen LogP contribution in [0.5, 0.6) is 0 Å². The lowest BCUT2D eigenvalue weighted by Crippen LogP contribution is -2.37. The summed E-state index contributed by atoms with van der Waals surface area (Å²) in [5.74, 6) is -2.71. The van der Waals surface area contributed by atoms with Gasteiger partial charge >= 0.3 is 17.8 Å². The molecule has 0 radical (unpaired) electrons. The Morgan fingerprint density at radius 2 is 1.97 bits per heavy atom. The molecule has 0 saturated heterocycles. The van der Waals surface area contributed by atoms with Crippen molar-refractivity contribution < 1.29 is 28.7 Å². The van der Waals surface area contributed by atoms with E-state index in [1.54, 1.807) is 6.92 Å².